The van der Waals surface area contributed by atoms with Crippen molar-refractivity contribution in [1.82, 2.24) is 29.5 Å². The average Bonchev–Trinajstić information content (AvgIpc) is 3.44. The Kier molecular flexibility index (Phi) is 4.97. The molecule has 28 heavy (non-hydrogen) atoms. The number of nitrogens with one attached hydrogen (secondary N) is 1. The molecule has 0 radical (unpaired) electrons. The van der Waals surface area contributed by atoms with Gasteiger partial charge in [0.1, 0.15) is 5.69 Å². The van der Waals surface area contributed by atoms with Gasteiger partial charge in [-0.2, -0.15) is 5.10 Å². The molecule has 0 saturated carbocycles. The van der Waals surface area contributed by atoms with Gasteiger partial charge in [-0.25, -0.2) is 4.98 Å². The quantitative estimate of drug-likeness (QED) is 0.744. The molecule has 1 atom stereocenters. The lowest BCUT2D eigenvalue weighted by molar-refractivity contribution is 0.319. The third kappa shape index (κ3) is 3.62. The van der Waals surface area contributed by atoms with Crippen LogP contribution in [0.4, 0.5) is 0 Å². The van der Waals surface area contributed by atoms with E-state index < -0.39 is 0 Å². The highest BCUT2D eigenvalue weighted by Gasteiger charge is 2.23. The zero-order valence-electron chi connectivity index (χ0n) is 16.3. The lowest BCUT2D eigenvalue weighted by atomic mass is 9.99. The van der Waals surface area contributed by atoms with Gasteiger partial charge in [0.15, 0.2) is 5.82 Å². The predicted molar refractivity (Wildman–Crippen MR) is 110 cm³/mol. The first kappa shape index (κ1) is 17.6. The van der Waals surface area contributed by atoms with Gasteiger partial charge >= 0.3 is 0 Å². The maximum absolute atomic E-state index is 4.83. The number of imidazole rings is 1. The van der Waals surface area contributed by atoms with E-state index in [2.05, 4.69) is 67.0 Å². The van der Waals surface area contributed by atoms with Crippen molar-refractivity contribution in [2.75, 3.05) is 26.2 Å². The Bertz CT molecular complexity index is 889. The van der Waals surface area contributed by atoms with Crippen LogP contribution in [-0.4, -0.2) is 50.4 Å². The molecule has 4 heterocycles. The Morgan fingerprint density at radius 2 is 2.04 bits per heavy atom. The molecule has 5 rings (SSSR count). The van der Waals surface area contributed by atoms with E-state index in [1.807, 2.05) is 6.20 Å². The van der Waals surface area contributed by atoms with Crippen molar-refractivity contribution in [3.05, 3.63) is 60.0 Å². The number of aryl methyl sites for hydroxylation is 1. The lowest BCUT2D eigenvalue weighted by Crippen LogP contribution is -2.25. The van der Waals surface area contributed by atoms with Gasteiger partial charge in [0.2, 0.25) is 0 Å². The summed E-state index contributed by atoms with van der Waals surface area (Å²) < 4.78 is 4.39. The molecule has 0 aliphatic carbocycles. The Morgan fingerprint density at radius 3 is 2.96 bits per heavy atom. The fourth-order valence-corrected chi connectivity index (χ4v) is 4.48. The molecule has 0 spiro atoms. The fraction of sp³-hybridized carbons (Fsp3) is 0.455. The van der Waals surface area contributed by atoms with Crippen molar-refractivity contribution < 1.29 is 0 Å². The van der Waals surface area contributed by atoms with Gasteiger partial charge < -0.3 is 14.8 Å². The molecule has 6 heteroatoms. The Hall–Kier alpha value is -2.44. The summed E-state index contributed by atoms with van der Waals surface area (Å²) in [5, 5.41) is 8.29. The number of hydrogen-bond acceptors (Lipinski definition) is 4. The van der Waals surface area contributed by atoms with E-state index in [0.29, 0.717) is 5.92 Å². The smallest absolute Gasteiger partial charge is 0.160 e. The third-order valence-electron chi connectivity index (χ3n) is 6.04. The van der Waals surface area contributed by atoms with Crippen LogP contribution in [0, 0.1) is 0 Å². The number of benzene rings is 1. The first-order chi connectivity index (χ1) is 13.9. The van der Waals surface area contributed by atoms with E-state index in [0.717, 1.165) is 57.2 Å². The zero-order chi connectivity index (χ0) is 18.8. The Morgan fingerprint density at radius 1 is 1.11 bits per heavy atom. The van der Waals surface area contributed by atoms with Gasteiger partial charge in [0.05, 0.1) is 5.69 Å². The maximum Gasteiger partial charge on any atom is 0.160 e. The molecule has 1 fully saturated rings. The number of nitrogens with zero attached hydrogens (tertiary/aromatic N) is 5. The summed E-state index contributed by atoms with van der Waals surface area (Å²) >= 11 is 0. The van der Waals surface area contributed by atoms with E-state index in [4.69, 9.17) is 5.10 Å². The molecule has 146 valence electrons. The second-order valence-electron chi connectivity index (χ2n) is 7.92. The number of aromatic nitrogens is 4. The highest BCUT2D eigenvalue weighted by atomic mass is 15.3. The number of fused-ring (bicyclic) bond motifs is 1. The van der Waals surface area contributed by atoms with Crippen LogP contribution in [0.1, 0.15) is 30.0 Å². The monoisotopic (exact) mass is 376 g/mol. The van der Waals surface area contributed by atoms with Crippen molar-refractivity contribution in [3.8, 4) is 11.5 Å². The van der Waals surface area contributed by atoms with E-state index >= 15 is 0 Å². The van der Waals surface area contributed by atoms with Crippen LogP contribution in [-0.2, 0) is 19.6 Å². The predicted octanol–water partition coefficient (Wildman–Crippen LogP) is 2.73. The first-order valence-electron chi connectivity index (χ1n) is 10.4. The normalized spacial score (nSPS) is 20.2. The molecule has 1 aromatic carbocycles. The van der Waals surface area contributed by atoms with Crippen molar-refractivity contribution in [3.63, 3.8) is 0 Å². The number of rotatable bonds is 5. The molecule has 6 nitrogen and oxygen atoms in total. The second-order valence-corrected chi connectivity index (χ2v) is 7.92. The molecule has 1 N–H and O–H groups in total. The molecule has 2 aromatic heterocycles. The SMILES string of the molecule is c1ccc([C@H]2CCN(CCn3ccnc3-c3cc4n(n3)CCCNC4)C2)cc1. The summed E-state index contributed by atoms with van der Waals surface area (Å²) in [6.07, 6.45) is 6.36. The van der Waals surface area contributed by atoms with Crippen molar-refractivity contribution in [2.24, 2.45) is 0 Å². The summed E-state index contributed by atoms with van der Waals surface area (Å²) in [6, 6.07) is 13.1. The molecule has 3 aromatic rings. The minimum Gasteiger partial charge on any atom is -0.328 e. The van der Waals surface area contributed by atoms with Crippen LogP contribution in [0.25, 0.3) is 11.5 Å². The lowest BCUT2D eigenvalue weighted by Gasteiger charge is -2.17. The van der Waals surface area contributed by atoms with E-state index in [-0.39, 0.29) is 0 Å². The van der Waals surface area contributed by atoms with Gasteiger partial charge in [0.25, 0.3) is 0 Å². The highest BCUT2D eigenvalue weighted by Crippen LogP contribution is 2.27. The van der Waals surface area contributed by atoms with Gasteiger partial charge in [-0.05, 0) is 43.5 Å². The van der Waals surface area contributed by atoms with Crippen molar-refractivity contribution in [2.45, 2.75) is 38.4 Å². The molecule has 0 amide bonds. The molecule has 0 unspecified atom stereocenters. The van der Waals surface area contributed by atoms with Gasteiger partial charge in [0, 0.05) is 45.1 Å². The third-order valence-corrected chi connectivity index (χ3v) is 6.04. The van der Waals surface area contributed by atoms with Crippen LogP contribution in [0.3, 0.4) is 0 Å². The standard InChI is InChI=1S/C22H28N6/c1-2-5-18(6-3-1)19-7-11-26(17-19)13-14-27-12-9-24-22(27)21-15-20-16-23-8-4-10-28(20)25-21/h1-3,5-6,9,12,15,19,23H,4,7-8,10-11,13-14,16-17H2/t19-/m0/s1. The van der Waals surface area contributed by atoms with E-state index in [9.17, 15) is 0 Å². The van der Waals surface area contributed by atoms with Gasteiger partial charge in [-0.1, -0.05) is 30.3 Å². The van der Waals surface area contributed by atoms with Crippen LogP contribution in [0.5, 0.6) is 0 Å². The van der Waals surface area contributed by atoms with Crippen LogP contribution >= 0.6 is 0 Å². The molecule has 1 saturated heterocycles. The Balaban J connectivity index is 1.24. The fourth-order valence-electron chi connectivity index (χ4n) is 4.48. The first-order valence-corrected chi connectivity index (χ1v) is 10.4. The minimum atomic E-state index is 0.666. The summed E-state index contributed by atoms with van der Waals surface area (Å²) in [7, 11) is 0. The maximum atomic E-state index is 4.83. The highest BCUT2D eigenvalue weighted by molar-refractivity contribution is 5.50. The molecular weight excluding hydrogens is 348 g/mol. The average molecular weight is 377 g/mol. The number of hydrogen-bond donors (Lipinski definition) is 1. The van der Waals surface area contributed by atoms with Gasteiger partial charge in [-0.3, -0.25) is 4.68 Å². The largest absolute Gasteiger partial charge is 0.328 e. The van der Waals surface area contributed by atoms with Gasteiger partial charge in [-0.15, -0.1) is 0 Å². The van der Waals surface area contributed by atoms with Crippen LogP contribution in [0.2, 0.25) is 0 Å². The second kappa shape index (κ2) is 7.89. The molecular formula is C22H28N6. The molecule has 0 bridgehead atoms. The molecule has 2 aliphatic heterocycles. The number of likely N-dealkylation sites (tertiary alicyclic amines) is 1. The summed E-state index contributed by atoms with van der Waals surface area (Å²) in [6.45, 7) is 7.28. The van der Waals surface area contributed by atoms with Crippen molar-refractivity contribution >= 4 is 0 Å². The van der Waals surface area contributed by atoms with Crippen LogP contribution in [0.15, 0.2) is 48.8 Å². The molecule has 2 aliphatic rings. The van der Waals surface area contributed by atoms with E-state index in [1.165, 1.54) is 24.2 Å². The van der Waals surface area contributed by atoms with Crippen molar-refractivity contribution in [1.29, 1.82) is 0 Å². The van der Waals surface area contributed by atoms with E-state index in [1.54, 1.807) is 0 Å². The minimum absolute atomic E-state index is 0.666. The summed E-state index contributed by atoms with van der Waals surface area (Å²) in [5.41, 5.74) is 3.72. The summed E-state index contributed by atoms with van der Waals surface area (Å²) in [4.78, 5) is 7.19. The van der Waals surface area contributed by atoms with Crippen LogP contribution < -0.4 is 5.32 Å². The zero-order valence-corrected chi connectivity index (χ0v) is 16.3. The Labute approximate surface area is 166 Å². The summed E-state index contributed by atoms with van der Waals surface area (Å²) in [5.74, 6) is 1.65. The topological polar surface area (TPSA) is 50.9 Å².